The molecule has 2 aromatic rings. The largest absolute Gasteiger partial charge is 0.480 e. The molecule has 0 unspecified atom stereocenters. The maximum Gasteiger partial charge on any atom is 0.322 e. The first kappa shape index (κ1) is 11.0. The van der Waals surface area contributed by atoms with Gasteiger partial charge in [0, 0.05) is 19.6 Å². The summed E-state index contributed by atoms with van der Waals surface area (Å²) in [7, 11) is 0. The molecular formula is C12H13N3O3. The number of rotatable bonds is 2. The van der Waals surface area contributed by atoms with Crippen molar-refractivity contribution in [2.24, 2.45) is 0 Å². The number of fused-ring (bicyclic) bond motifs is 1. The third-order valence-corrected chi connectivity index (χ3v) is 3.03. The number of hydrogen-bond donors (Lipinski definition) is 2. The predicted octanol–water partition coefficient (Wildman–Crippen LogP) is 0.691. The van der Waals surface area contributed by atoms with Gasteiger partial charge in [-0.05, 0) is 12.1 Å². The van der Waals surface area contributed by atoms with Gasteiger partial charge in [0.25, 0.3) is 6.01 Å². The second-order valence-electron chi connectivity index (χ2n) is 4.26. The highest BCUT2D eigenvalue weighted by Crippen LogP contribution is 2.22. The van der Waals surface area contributed by atoms with Crippen LogP contribution < -0.4 is 10.2 Å². The van der Waals surface area contributed by atoms with E-state index in [0.29, 0.717) is 25.6 Å². The molecule has 6 heteroatoms. The molecule has 0 spiro atoms. The van der Waals surface area contributed by atoms with Gasteiger partial charge in [-0.1, -0.05) is 12.1 Å². The molecule has 1 aromatic heterocycles. The van der Waals surface area contributed by atoms with Crippen molar-refractivity contribution in [3.8, 4) is 0 Å². The number of aliphatic carboxylic acids is 1. The summed E-state index contributed by atoms with van der Waals surface area (Å²) in [5, 5.41) is 11.9. The van der Waals surface area contributed by atoms with Gasteiger partial charge in [-0.2, -0.15) is 4.98 Å². The Morgan fingerprint density at radius 2 is 2.33 bits per heavy atom. The third-order valence-electron chi connectivity index (χ3n) is 3.03. The Balaban J connectivity index is 1.87. The van der Waals surface area contributed by atoms with Crippen LogP contribution in [0.25, 0.3) is 11.1 Å². The van der Waals surface area contributed by atoms with Crippen LogP contribution in [0.15, 0.2) is 28.7 Å². The Kier molecular flexibility index (Phi) is 2.64. The highest BCUT2D eigenvalue weighted by atomic mass is 16.4. The molecule has 0 bridgehead atoms. The van der Waals surface area contributed by atoms with Crippen LogP contribution >= 0.6 is 0 Å². The molecule has 1 aliphatic heterocycles. The number of hydrogen-bond acceptors (Lipinski definition) is 5. The number of carbonyl (C=O) groups is 1. The summed E-state index contributed by atoms with van der Waals surface area (Å²) < 4.78 is 5.63. The molecule has 1 atom stereocenters. The number of carboxylic acids is 1. The van der Waals surface area contributed by atoms with Crippen LogP contribution in [0.2, 0.25) is 0 Å². The number of para-hydroxylation sites is 2. The normalized spacial score (nSPS) is 20.2. The lowest BCUT2D eigenvalue weighted by Gasteiger charge is -2.30. The monoisotopic (exact) mass is 247 g/mol. The maximum atomic E-state index is 11.0. The molecule has 0 radical (unpaired) electrons. The predicted molar refractivity (Wildman–Crippen MR) is 65.6 cm³/mol. The molecule has 1 aliphatic rings. The van der Waals surface area contributed by atoms with Crippen LogP contribution in [-0.2, 0) is 4.79 Å². The number of aromatic nitrogens is 1. The number of nitrogens with zero attached hydrogens (tertiary/aromatic N) is 2. The van der Waals surface area contributed by atoms with E-state index in [2.05, 4.69) is 10.3 Å². The van der Waals surface area contributed by atoms with Crippen LogP contribution in [0.1, 0.15) is 0 Å². The van der Waals surface area contributed by atoms with Crippen LogP contribution in [0.5, 0.6) is 0 Å². The van der Waals surface area contributed by atoms with E-state index in [1.165, 1.54) is 0 Å². The zero-order valence-electron chi connectivity index (χ0n) is 9.67. The SMILES string of the molecule is O=C(O)[C@H]1CN(c2nc3ccccc3o2)CCN1. The fraction of sp³-hybridized carbons (Fsp3) is 0.333. The molecule has 1 saturated heterocycles. The van der Waals surface area contributed by atoms with Crippen molar-refractivity contribution in [1.29, 1.82) is 0 Å². The first-order valence-electron chi connectivity index (χ1n) is 5.81. The lowest BCUT2D eigenvalue weighted by Crippen LogP contribution is -2.54. The second kappa shape index (κ2) is 4.30. The molecule has 0 amide bonds. The van der Waals surface area contributed by atoms with Gasteiger partial charge in [0.1, 0.15) is 11.6 Å². The van der Waals surface area contributed by atoms with E-state index in [4.69, 9.17) is 9.52 Å². The van der Waals surface area contributed by atoms with Crippen LogP contribution in [0.3, 0.4) is 0 Å². The van der Waals surface area contributed by atoms with E-state index in [9.17, 15) is 4.79 Å². The first-order chi connectivity index (χ1) is 8.74. The van der Waals surface area contributed by atoms with E-state index < -0.39 is 12.0 Å². The highest BCUT2D eigenvalue weighted by Gasteiger charge is 2.27. The van der Waals surface area contributed by atoms with Crippen molar-refractivity contribution < 1.29 is 14.3 Å². The lowest BCUT2D eigenvalue weighted by molar-refractivity contribution is -0.139. The zero-order valence-corrected chi connectivity index (χ0v) is 9.67. The summed E-state index contributed by atoms with van der Waals surface area (Å²) in [6, 6.07) is 7.42. The average Bonchev–Trinajstić information content (AvgIpc) is 2.82. The molecule has 18 heavy (non-hydrogen) atoms. The molecular weight excluding hydrogens is 234 g/mol. The molecule has 2 N–H and O–H groups in total. The summed E-state index contributed by atoms with van der Waals surface area (Å²) in [5.74, 6) is -0.851. The number of anilines is 1. The summed E-state index contributed by atoms with van der Waals surface area (Å²) in [6.07, 6.45) is 0. The van der Waals surface area contributed by atoms with E-state index in [1.807, 2.05) is 29.2 Å². The van der Waals surface area contributed by atoms with E-state index in [1.54, 1.807) is 0 Å². The number of carboxylic acid groups (broad SMARTS) is 1. The fourth-order valence-corrected chi connectivity index (χ4v) is 2.08. The Morgan fingerprint density at radius 1 is 1.50 bits per heavy atom. The molecule has 6 nitrogen and oxygen atoms in total. The molecule has 1 aromatic carbocycles. The van der Waals surface area contributed by atoms with Gasteiger partial charge in [0.2, 0.25) is 0 Å². The van der Waals surface area contributed by atoms with Crippen LogP contribution in [0, 0.1) is 0 Å². The van der Waals surface area contributed by atoms with Crippen molar-refractivity contribution in [1.82, 2.24) is 10.3 Å². The molecule has 0 saturated carbocycles. The third kappa shape index (κ3) is 1.91. The fourth-order valence-electron chi connectivity index (χ4n) is 2.08. The minimum atomic E-state index is -0.851. The standard InChI is InChI=1S/C12H13N3O3/c16-11(17)9-7-15(6-5-13-9)12-14-8-3-1-2-4-10(8)18-12/h1-4,9,13H,5-7H2,(H,16,17)/t9-/m1/s1. The quantitative estimate of drug-likeness (QED) is 0.813. The van der Waals surface area contributed by atoms with Gasteiger partial charge >= 0.3 is 5.97 Å². The van der Waals surface area contributed by atoms with Crippen LogP contribution in [0.4, 0.5) is 6.01 Å². The summed E-state index contributed by atoms with van der Waals surface area (Å²) in [6.45, 7) is 1.66. The summed E-state index contributed by atoms with van der Waals surface area (Å²) in [5.41, 5.74) is 1.51. The van der Waals surface area contributed by atoms with Crippen molar-refractivity contribution in [3.63, 3.8) is 0 Å². The Bertz CT molecular complexity index is 548. The minimum absolute atomic E-state index is 0.363. The average molecular weight is 247 g/mol. The summed E-state index contributed by atoms with van der Waals surface area (Å²) in [4.78, 5) is 17.2. The second-order valence-corrected chi connectivity index (χ2v) is 4.26. The Labute approximate surface area is 103 Å². The van der Waals surface area contributed by atoms with Crippen molar-refractivity contribution >= 4 is 23.1 Å². The van der Waals surface area contributed by atoms with Crippen molar-refractivity contribution in [3.05, 3.63) is 24.3 Å². The van der Waals surface area contributed by atoms with E-state index >= 15 is 0 Å². The molecule has 3 rings (SSSR count). The van der Waals surface area contributed by atoms with Gasteiger partial charge in [-0.25, -0.2) is 0 Å². The molecule has 2 heterocycles. The maximum absolute atomic E-state index is 11.0. The first-order valence-corrected chi connectivity index (χ1v) is 5.81. The zero-order chi connectivity index (χ0) is 12.5. The lowest BCUT2D eigenvalue weighted by atomic mass is 10.2. The van der Waals surface area contributed by atoms with Crippen molar-refractivity contribution in [2.75, 3.05) is 24.5 Å². The topological polar surface area (TPSA) is 78.6 Å². The Hall–Kier alpha value is -2.08. The molecule has 1 fully saturated rings. The van der Waals surface area contributed by atoms with Gasteiger partial charge in [0.15, 0.2) is 5.58 Å². The molecule has 0 aliphatic carbocycles. The summed E-state index contributed by atoms with van der Waals surface area (Å²) >= 11 is 0. The van der Waals surface area contributed by atoms with Gasteiger partial charge in [-0.3, -0.25) is 4.79 Å². The Morgan fingerprint density at radius 3 is 3.11 bits per heavy atom. The number of benzene rings is 1. The van der Waals surface area contributed by atoms with Gasteiger partial charge < -0.3 is 19.7 Å². The van der Waals surface area contributed by atoms with Gasteiger partial charge in [-0.15, -0.1) is 0 Å². The van der Waals surface area contributed by atoms with E-state index in [0.717, 1.165) is 11.1 Å². The number of piperazine rings is 1. The van der Waals surface area contributed by atoms with Crippen molar-refractivity contribution in [2.45, 2.75) is 6.04 Å². The van der Waals surface area contributed by atoms with Crippen LogP contribution in [-0.4, -0.2) is 41.7 Å². The number of oxazole rings is 1. The highest BCUT2D eigenvalue weighted by molar-refractivity contribution is 5.76. The molecule has 94 valence electrons. The number of nitrogens with one attached hydrogen (secondary N) is 1. The minimum Gasteiger partial charge on any atom is -0.480 e. The van der Waals surface area contributed by atoms with E-state index in [-0.39, 0.29) is 0 Å². The van der Waals surface area contributed by atoms with Gasteiger partial charge in [0.05, 0.1) is 0 Å². The smallest absolute Gasteiger partial charge is 0.322 e.